The van der Waals surface area contributed by atoms with Gasteiger partial charge in [0.2, 0.25) is 0 Å². The van der Waals surface area contributed by atoms with Gasteiger partial charge in [0.1, 0.15) is 17.6 Å². The number of ether oxygens (including phenoxy) is 2. The SMILES string of the molecule is COc1ccc2c(c1)OC(C(C)c1ccccc1)C[C@@H]2O. The van der Waals surface area contributed by atoms with E-state index < -0.39 is 6.10 Å². The van der Waals surface area contributed by atoms with Crippen molar-refractivity contribution in [2.45, 2.75) is 31.5 Å². The minimum Gasteiger partial charge on any atom is -0.497 e. The summed E-state index contributed by atoms with van der Waals surface area (Å²) < 4.78 is 11.4. The topological polar surface area (TPSA) is 38.7 Å². The highest BCUT2D eigenvalue weighted by Gasteiger charge is 2.31. The number of fused-ring (bicyclic) bond motifs is 1. The fraction of sp³-hybridized carbons (Fsp3) is 0.333. The number of aliphatic hydroxyl groups excluding tert-OH is 1. The molecule has 0 saturated carbocycles. The lowest BCUT2D eigenvalue weighted by Gasteiger charge is -2.33. The van der Waals surface area contributed by atoms with Crippen LogP contribution in [0, 0.1) is 0 Å². The Kier molecular flexibility index (Phi) is 3.84. The average molecular weight is 284 g/mol. The predicted octanol–water partition coefficient (Wildman–Crippen LogP) is 3.68. The lowest BCUT2D eigenvalue weighted by atomic mass is 9.88. The summed E-state index contributed by atoms with van der Waals surface area (Å²) in [5.41, 5.74) is 2.06. The number of methoxy groups -OCH3 is 1. The molecule has 0 radical (unpaired) electrons. The molecular formula is C18H20O3. The van der Waals surface area contributed by atoms with Gasteiger partial charge in [-0.1, -0.05) is 37.3 Å². The third kappa shape index (κ3) is 2.74. The summed E-state index contributed by atoms with van der Waals surface area (Å²) in [6, 6.07) is 15.8. The Hall–Kier alpha value is -2.00. The quantitative estimate of drug-likeness (QED) is 0.934. The average Bonchev–Trinajstić information content (AvgIpc) is 2.54. The molecule has 0 saturated heterocycles. The normalized spacial score (nSPS) is 22.0. The highest BCUT2D eigenvalue weighted by Crippen LogP contribution is 2.40. The molecule has 0 fully saturated rings. The lowest BCUT2D eigenvalue weighted by Crippen LogP contribution is -2.30. The lowest BCUT2D eigenvalue weighted by molar-refractivity contribution is 0.0544. The Labute approximate surface area is 125 Å². The van der Waals surface area contributed by atoms with Crippen molar-refractivity contribution in [2.75, 3.05) is 7.11 Å². The second-order valence-corrected chi connectivity index (χ2v) is 5.51. The summed E-state index contributed by atoms with van der Waals surface area (Å²) in [5.74, 6) is 1.69. The molecule has 2 unspecified atom stereocenters. The molecule has 1 aliphatic heterocycles. The highest BCUT2D eigenvalue weighted by molar-refractivity contribution is 5.43. The zero-order valence-corrected chi connectivity index (χ0v) is 12.3. The van der Waals surface area contributed by atoms with Gasteiger partial charge in [-0.3, -0.25) is 0 Å². The molecule has 1 heterocycles. The van der Waals surface area contributed by atoms with E-state index in [-0.39, 0.29) is 12.0 Å². The molecule has 3 heteroatoms. The monoisotopic (exact) mass is 284 g/mol. The van der Waals surface area contributed by atoms with E-state index in [1.807, 2.05) is 36.4 Å². The summed E-state index contributed by atoms with van der Waals surface area (Å²) in [6.45, 7) is 2.14. The van der Waals surface area contributed by atoms with Crippen LogP contribution in [-0.4, -0.2) is 18.3 Å². The second-order valence-electron chi connectivity index (χ2n) is 5.51. The van der Waals surface area contributed by atoms with E-state index in [0.717, 1.165) is 17.1 Å². The Morgan fingerprint density at radius 1 is 1.19 bits per heavy atom. The molecule has 21 heavy (non-hydrogen) atoms. The van der Waals surface area contributed by atoms with Crippen LogP contribution in [0.3, 0.4) is 0 Å². The maximum Gasteiger partial charge on any atom is 0.129 e. The highest BCUT2D eigenvalue weighted by atomic mass is 16.5. The van der Waals surface area contributed by atoms with Crippen molar-refractivity contribution in [2.24, 2.45) is 0 Å². The number of hydrogen-bond acceptors (Lipinski definition) is 3. The van der Waals surface area contributed by atoms with E-state index in [2.05, 4.69) is 19.1 Å². The molecule has 1 aliphatic rings. The van der Waals surface area contributed by atoms with Crippen molar-refractivity contribution in [3.05, 3.63) is 59.7 Å². The van der Waals surface area contributed by atoms with E-state index in [9.17, 15) is 5.11 Å². The molecule has 2 aromatic rings. The summed E-state index contributed by atoms with van der Waals surface area (Å²) >= 11 is 0. The van der Waals surface area contributed by atoms with Gasteiger partial charge < -0.3 is 14.6 Å². The molecule has 3 nitrogen and oxygen atoms in total. The van der Waals surface area contributed by atoms with Crippen molar-refractivity contribution in [3.8, 4) is 11.5 Å². The first kappa shape index (κ1) is 14.0. The number of rotatable bonds is 3. The van der Waals surface area contributed by atoms with Crippen LogP contribution in [0.5, 0.6) is 11.5 Å². The number of hydrogen-bond donors (Lipinski definition) is 1. The van der Waals surface area contributed by atoms with E-state index >= 15 is 0 Å². The standard InChI is InChI=1S/C18H20O3/c1-12(13-6-4-3-5-7-13)17-11-16(19)15-9-8-14(20-2)10-18(15)21-17/h3-10,12,16-17,19H,11H2,1-2H3/t12?,16-,17?/m0/s1. The van der Waals surface area contributed by atoms with Gasteiger partial charge in [0.15, 0.2) is 0 Å². The Balaban J connectivity index is 1.87. The molecule has 0 amide bonds. The number of benzene rings is 2. The molecule has 2 aromatic carbocycles. The molecule has 0 spiro atoms. The van der Waals surface area contributed by atoms with Gasteiger partial charge in [-0.05, 0) is 17.7 Å². The molecule has 1 N–H and O–H groups in total. The summed E-state index contributed by atoms with van der Waals surface area (Å²) in [5, 5.41) is 10.4. The van der Waals surface area contributed by atoms with E-state index in [0.29, 0.717) is 6.42 Å². The minimum absolute atomic E-state index is 0.0398. The van der Waals surface area contributed by atoms with Crippen LogP contribution >= 0.6 is 0 Å². The van der Waals surface area contributed by atoms with E-state index in [4.69, 9.17) is 9.47 Å². The van der Waals surface area contributed by atoms with Crippen LogP contribution in [0.1, 0.15) is 36.5 Å². The maximum atomic E-state index is 10.4. The van der Waals surface area contributed by atoms with Gasteiger partial charge in [-0.15, -0.1) is 0 Å². The zero-order valence-electron chi connectivity index (χ0n) is 12.3. The van der Waals surface area contributed by atoms with Gasteiger partial charge in [0.25, 0.3) is 0 Å². The third-order valence-electron chi connectivity index (χ3n) is 4.20. The molecule has 3 rings (SSSR count). The fourth-order valence-corrected chi connectivity index (χ4v) is 2.85. The van der Waals surface area contributed by atoms with Crippen molar-refractivity contribution < 1.29 is 14.6 Å². The first-order chi connectivity index (χ1) is 10.2. The first-order valence-corrected chi connectivity index (χ1v) is 7.26. The first-order valence-electron chi connectivity index (χ1n) is 7.26. The van der Waals surface area contributed by atoms with Crippen LogP contribution in [0.15, 0.2) is 48.5 Å². The van der Waals surface area contributed by atoms with Gasteiger partial charge in [-0.2, -0.15) is 0 Å². The molecule has 0 bridgehead atoms. The van der Waals surface area contributed by atoms with E-state index in [1.165, 1.54) is 5.56 Å². The predicted molar refractivity (Wildman–Crippen MR) is 81.8 cm³/mol. The van der Waals surface area contributed by atoms with Gasteiger partial charge in [0.05, 0.1) is 13.2 Å². The molecule has 0 aliphatic carbocycles. The summed E-state index contributed by atoms with van der Waals surface area (Å²) in [7, 11) is 1.63. The van der Waals surface area contributed by atoms with Crippen molar-refractivity contribution in [1.29, 1.82) is 0 Å². The smallest absolute Gasteiger partial charge is 0.129 e. The Bertz CT molecular complexity index is 609. The van der Waals surface area contributed by atoms with Crippen molar-refractivity contribution >= 4 is 0 Å². The summed E-state index contributed by atoms with van der Waals surface area (Å²) in [6.07, 6.45) is 0.0767. The minimum atomic E-state index is -0.490. The third-order valence-corrected chi connectivity index (χ3v) is 4.20. The van der Waals surface area contributed by atoms with Crippen LogP contribution in [0.4, 0.5) is 0 Å². The summed E-state index contributed by atoms with van der Waals surface area (Å²) in [4.78, 5) is 0. The zero-order chi connectivity index (χ0) is 14.8. The van der Waals surface area contributed by atoms with Crippen LogP contribution in [0.25, 0.3) is 0 Å². The van der Waals surface area contributed by atoms with Crippen molar-refractivity contribution in [1.82, 2.24) is 0 Å². The van der Waals surface area contributed by atoms with Crippen molar-refractivity contribution in [3.63, 3.8) is 0 Å². The molecular weight excluding hydrogens is 264 g/mol. The molecule has 3 atom stereocenters. The largest absolute Gasteiger partial charge is 0.497 e. The second kappa shape index (κ2) is 5.78. The van der Waals surface area contributed by atoms with Gasteiger partial charge in [0, 0.05) is 24.0 Å². The Morgan fingerprint density at radius 2 is 1.95 bits per heavy atom. The maximum absolute atomic E-state index is 10.4. The fourth-order valence-electron chi connectivity index (χ4n) is 2.85. The van der Waals surface area contributed by atoms with E-state index in [1.54, 1.807) is 7.11 Å². The molecule has 110 valence electrons. The number of aliphatic hydroxyl groups is 1. The van der Waals surface area contributed by atoms with Crippen LogP contribution < -0.4 is 9.47 Å². The van der Waals surface area contributed by atoms with Gasteiger partial charge >= 0.3 is 0 Å². The van der Waals surface area contributed by atoms with Gasteiger partial charge in [-0.25, -0.2) is 0 Å². The van der Waals surface area contributed by atoms with Crippen LogP contribution in [-0.2, 0) is 0 Å². The Morgan fingerprint density at radius 3 is 2.67 bits per heavy atom. The molecule has 0 aromatic heterocycles. The van der Waals surface area contributed by atoms with Crippen LogP contribution in [0.2, 0.25) is 0 Å².